The molecule has 1 N–H and O–H groups in total. The Labute approximate surface area is 116 Å². The van der Waals surface area contributed by atoms with E-state index in [4.69, 9.17) is 0 Å². The summed E-state index contributed by atoms with van der Waals surface area (Å²) in [5.74, 6) is 0.805. The van der Waals surface area contributed by atoms with Gasteiger partial charge in [0.25, 0.3) is 0 Å². The van der Waals surface area contributed by atoms with E-state index in [1.165, 1.54) is 32.4 Å². The summed E-state index contributed by atoms with van der Waals surface area (Å²) < 4.78 is 0. The minimum absolute atomic E-state index is 0.404. The molecule has 18 heavy (non-hydrogen) atoms. The molecule has 0 aromatic rings. The van der Waals surface area contributed by atoms with Crippen molar-refractivity contribution in [1.82, 2.24) is 10.2 Å². The van der Waals surface area contributed by atoms with Crippen molar-refractivity contribution >= 4 is 0 Å². The van der Waals surface area contributed by atoms with E-state index in [1.807, 2.05) is 0 Å². The molecule has 0 aliphatic rings. The first-order chi connectivity index (χ1) is 8.33. The first-order valence-electron chi connectivity index (χ1n) is 7.75. The van der Waals surface area contributed by atoms with Gasteiger partial charge in [-0.1, -0.05) is 54.4 Å². The van der Waals surface area contributed by atoms with Gasteiger partial charge in [-0.05, 0) is 24.8 Å². The van der Waals surface area contributed by atoms with Crippen molar-refractivity contribution < 1.29 is 0 Å². The predicted octanol–water partition coefficient (Wildman–Crippen LogP) is 3.77. The summed E-state index contributed by atoms with van der Waals surface area (Å²) in [6, 6.07) is 0.584. The average molecular weight is 256 g/mol. The lowest BCUT2D eigenvalue weighted by atomic mass is 9.84. The van der Waals surface area contributed by atoms with E-state index in [0.717, 1.165) is 12.5 Å². The normalized spacial score (nSPS) is 17.2. The highest BCUT2D eigenvalue weighted by atomic mass is 15.1. The van der Waals surface area contributed by atoms with E-state index in [9.17, 15) is 0 Å². The Balaban J connectivity index is 4.30. The summed E-state index contributed by atoms with van der Waals surface area (Å²) in [5, 5.41) is 3.62. The van der Waals surface area contributed by atoms with Crippen molar-refractivity contribution in [2.24, 2.45) is 11.3 Å². The molecular formula is C16H36N2. The Hall–Kier alpha value is -0.0800. The Morgan fingerprint density at radius 1 is 1.17 bits per heavy atom. The standard InChI is InChI=1S/C16H36N2/c1-8-10-16(6,12-17-14(3)4)13-18(7)11-15(5)9-2/h14-15,17H,8-13H2,1-7H3. The zero-order chi connectivity index (χ0) is 14.2. The molecule has 0 fully saturated rings. The zero-order valence-corrected chi connectivity index (χ0v) is 13.8. The highest BCUT2D eigenvalue weighted by Crippen LogP contribution is 2.24. The van der Waals surface area contributed by atoms with Gasteiger partial charge in [0, 0.05) is 25.7 Å². The number of hydrogen-bond acceptors (Lipinski definition) is 2. The third kappa shape index (κ3) is 8.10. The highest BCUT2D eigenvalue weighted by molar-refractivity contribution is 4.81. The van der Waals surface area contributed by atoms with Gasteiger partial charge in [0.05, 0.1) is 0 Å². The molecule has 0 bridgehead atoms. The van der Waals surface area contributed by atoms with Crippen molar-refractivity contribution in [2.45, 2.75) is 66.8 Å². The lowest BCUT2D eigenvalue weighted by Crippen LogP contribution is -2.43. The van der Waals surface area contributed by atoms with Crippen LogP contribution < -0.4 is 5.32 Å². The minimum atomic E-state index is 0.404. The van der Waals surface area contributed by atoms with E-state index in [-0.39, 0.29) is 0 Å². The molecule has 0 saturated heterocycles. The van der Waals surface area contributed by atoms with Gasteiger partial charge in [-0.3, -0.25) is 0 Å². The molecule has 0 spiro atoms. The van der Waals surface area contributed by atoms with Gasteiger partial charge in [0.15, 0.2) is 0 Å². The molecule has 2 atom stereocenters. The summed E-state index contributed by atoms with van der Waals surface area (Å²) in [7, 11) is 2.27. The average Bonchev–Trinajstić information content (AvgIpc) is 2.26. The maximum atomic E-state index is 3.62. The van der Waals surface area contributed by atoms with Crippen molar-refractivity contribution in [3.63, 3.8) is 0 Å². The quantitative estimate of drug-likeness (QED) is 0.640. The number of nitrogens with one attached hydrogen (secondary N) is 1. The molecule has 0 aliphatic carbocycles. The van der Waals surface area contributed by atoms with Crippen LogP contribution in [0.25, 0.3) is 0 Å². The topological polar surface area (TPSA) is 15.3 Å². The van der Waals surface area contributed by atoms with Crippen molar-refractivity contribution in [3.05, 3.63) is 0 Å². The predicted molar refractivity (Wildman–Crippen MR) is 83.1 cm³/mol. The van der Waals surface area contributed by atoms with E-state index in [0.29, 0.717) is 11.5 Å². The SMILES string of the molecule is CCCC(C)(CNC(C)C)CN(C)CC(C)CC. The summed E-state index contributed by atoms with van der Waals surface area (Å²) in [6.07, 6.45) is 3.85. The fourth-order valence-electron chi connectivity index (χ4n) is 2.65. The van der Waals surface area contributed by atoms with Crippen LogP contribution in [0, 0.1) is 11.3 Å². The Morgan fingerprint density at radius 3 is 2.22 bits per heavy atom. The number of nitrogens with zero attached hydrogens (tertiary/aromatic N) is 1. The van der Waals surface area contributed by atoms with Crippen LogP contribution in [0.3, 0.4) is 0 Å². The van der Waals surface area contributed by atoms with Crippen molar-refractivity contribution in [1.29, 1.82) is 0 Å². The number of rotatable bonds is 10. The van der Waals surface area contributed by atoms with Crippen molar-refractivity contribution in [2.75, 3.05) is 26.7 Å². The van der Waals surface area contributed by atoms with Crippen LogP contribution in [0.2, 0.25) is 0 Å². The molecule has 0 rings (SSSR count). The van der Waals surface area contributed by atoms with Crippen LogP contribution >= 0.6 is 0 Å². The fraction of sp³-hybridized carbons (Fsp3) is 1.00. The van der Waals surface area contributed by atoms with Crippen LogP contribution in [0.4, 0.5) is 0 Å². The van der Waals surface area contributed by atoms with Gasteiger partial charge in [0.1, 0.15) is 0 Å². The first kappa shape index (κ1) is 17.9. The summed E-state index contributed by atoms with van der Waals surface area (Å²) in [4.78, 5) is 2.52. The van der Waals surface area contributed by atoms with Crippen LogP contribution in [-0.4, -0.2) is 37.6 Å². The van der Waals surface area contributed by atoms with E-state index in [2.05, 4.69) is 58.8 Å². The summed E-state index contributed by atoms with van der Waals surface area (Å²) in [5.41, 5.74) is 0.404. The van der Waals surface area contributed by atoms with Crippen molar-refractivity contribution in [3.8, 4) is 0 Å². The first-order valence-corrected chi connectivity index (χ1v) is 7.75. The molecule has 0 aromatic carbocycles. The second kappa shape index (κ2) is 8.92. The largest absolute Gasteiger partial charge is 0.314 e. The minimum Gasteiger partial charge on any atom is -0.314 e. The maximum absolute atomic E-state index is 3.62. The fourth-order valence-corrected chi connectivity index (χ4v) is 2.65. The van der Waals surface area contributed by atoms with Crippen LogP contribution in [0.1, 0.15) is 60.8 Å². The van der Waals surface area contributed by atoms with Crippen LogP contribution in [0.5, 0.6) is 0 Å². The maximum Gasteiger partial charge on any atom is 0.00445 e. The van der Waals surface area contributed by atoms with E-state index >= 15 is 0 Å². The lowest BCUT2D eigenvalue weighted by molar-refractivity contribution is 0.156. The summed E-state index contributed by atoms with van der Waals surface area (Å²) in [6.45, 7) is 17.4. The summed E-state index contributed by atoms with van der Waals surface area (Å²) >= 11 is 0. The molecule has 110 valence electrons. The monoisotopic (exact) mass is 256 g/mol. The van der Waals surface area contributed by atoms with Gasteiger partial charge in [0.2, 0.25) is 0 Å². The molecule has 0 heterocycles. The van der Waals surface area contributed by atoms with Gasteiger partial charge in [-0.2, -0.15) is 0 Å². The molecule has 0 aliphatic heterocycles. The Morgan fingerprint density at radius 2 is 1.78 bits per heavy atom. The molecule has 0 radical (unpaired) electrons. The van der Waals surface area contributed by atoms with E-state index < -0.39 is 0 Å². The second-order valence-electron chi connectivity index (χ2n) is 6.81. The third-order valence-electron chi connectivity index (χ3n) is 3.76. The molecular weight excluding hydrogens is 220 g/mol. The lowest BCUT2D eigenvalue weighted by Gasteiger charge is -2.35. The molecule has 2 heteroatoms. The van der Waals surface area contributed by atoms with Gasteiger partial charge < -0.3 is 10.2 Å². The number of hydrogen-bond donors (Lipinski definition) is 1. The Bertz CT molecular complexity index is 203. The smallest absolute Gasteiger partial charge is 0.00445 e. The van der Waals surface area contributed by atoms with Gasteiger partial charge >= 0.3 is 0 Å². The highest BCUT2D eigenvalue weighted by Gasteiger charge is 2.25. The van der Waals surface area contributed by atoms with Gasteiger partial charge in [-0.15, -0.1) is 0 Å². The molecule has 0 saturated carbocycles. The molecule has 2 unspecified atom stereocenters. The third-order valence-corrected chi connectivity index (χ3v) is 3.76. The van der Waals surface area contributed by atoms with Crippen LogP contribution in [0.15, 0.2) is 0 Å². The van der Waals surface area contributed by atoms with Gasteiger partial charge in [-0.25, -0.2) is 0 Å². The van der Waals surface area contributed by atoms with Crippen LogP contribution in [-0.2, 0) is 0 Å². The van der Waals surface area contributed by atoms with E-state index in [1.54, 1.807) is 0 Å². The molecule has 0 aromatic heterocycles. The molecule has 2 nitrogen and oxygen atoms in total. The zero-order valence-electron chi connectivity index (χ0n) is 13.8. The molecule has 0 amide bonds. The Kier molecular flexibility index (Phi) is 8.89. The second-order valence-corrected chi connectivity index (χ2v) is 6.81.